The summed E-state index contributed by atoms with van der Waals surface area (Å²) in [4.78, 5) is 30.6. The Morgan fingerprint density at radius 1 is 1.41 bits per heavy atom. The van der Waals surface area contributed by atoms with Crippen molar-refractivity contribution in [2.24, 2.45) is 5.73 Å². The Balaban J connectivity index is 1.58. The van der Waals surface area contributed by atoms with Gasteiger partial charge in [0, 0.05) is 31.6 Å². The van der Waals surface area contributed by atoms with E-state index in [0.717, 1.165) is 18.5 Å². The van der Waals surface area contributed by atoms with Crippen LogP contribution in [-0.2, 0) is 6.54 Å². The molecule has 1 aliphatic heterocycles. The first kappa shape index (κ1) is 20.0. The summed E-state index contributed by atoms with van der Waals surface area (Å²) in [6, 6.07) is 2.81. The van der Waals surface area contributed by atoms with Crippen molar-refractivity contribution < 1.29 is 13.6 Å². The number of carbonyl (C=O) groups is 1. The molecular formula is C20H22FN9O2. The number of aromatic amines is 1. The summed E-state index contributed by atoms with van der Waals surface area (Å²) in [5.74, 6) is 0.171. The zero-order valence-electron chi connectivity index (χ0n) is 17.3. The van der Waals surface area contributed by atoms with Gasteiger partial charge in [0.2, 0.25) is 5.76 Å². The van der Waals surface area contributed by atoms with Crippen molar-refractivity contribution in [2.75, 3.05) is 36.1 Å². The molecular weight excluding hydrogens is 417 g/mol. The Morgan fingerprint density at radius 2 is 2.25 bits per heavy atom. The van der Waals surface area contributed by atoms with Gasteiger partial charge in [-0.2, -0.15) is 0 Å². The second-order valence-corrected chi connectivity index (χ2v) is 7.68. The lowest BCUT2D eigenvalue weighted by atomic mass is 10.1. The first-order valence-electron chi connectivity index (χ1n) is 10.1. The molecule has 0 radical (unpaired) electrons. The second-order valence-electron chi connectivity index (χ2n) is 7.68. The monoisotopic (exact) mass is 439 g/mol. The maximum atomic E-state index is 14.3. The smallest absolute Gasteiger partial charge is 0.292 e. The Morgan fingerprint density at radius 3 is 2.94 bits per heavy atom. The molecule has 1 aromatic carbocycles. The summed E-state index contributed by atoms with van der Waals surface area (Å²) >= 11 is 0. The van der Waals surface area contributed by atoms with Crippen LogP contribution < -0.4 is 27.0 Å². The third kappa shape index (κ3) is 3.43. The number of nitrogens with two attached hydrogens (primary N) is 2. The van der Waals surface area contributed by atoms with Crippen molar-refractivity contribution in [2.45, 2.75) is 19.0 Å². The third-order valence-corrected chi connectivity index (χ3v) is 5.50. The largest absolute Gasteiger partial charge is 0.418 e. The van der Waals surface area contributed by atoms with Crippen molar-refractivity contribution in [3.63, 3.8) is 0 Å². The highest BCUT2D eigenvalue weighted by Gasteiger charge is 2.26. The Hall–Kier alpha value is -3.93. The maximum absolute atomic E-state index is 14.3. The number of nitrogens with one attached hydrogen (secondary N) is 3. The van der Waals surface area contributed by atoms with E-state index in [4.69, 9.17) is 20.9 Å². The second kappa shape index (κ2) is 7.64. The van der Waals surface area contributed by atoms with Gasteiger partial charge in [0.25, 0.3) is 11.9 Å². The molecule has 1 atom stereocenters. The van der Waals surface area contributed by atoms with Crippen molar-refractivity contribution in [3.05, 3.63) is 35.7 Å². The molecule has 0 spiro atoms. The fraction of sp³-hybridized carbons (Fsp3) is 0.300. The van der Waals surface area contributed by atoms with E-state index in [1.807, 2.05) is 0 Å². The molecule has 1 amide bonds. The van der Waals surface area contributed by atoms with Crippen molar-refractivity contribution in [1.29, 1.82) is 0 Å². The number of nitrogen functional groups attached to an aromatic ring is 1. The molecule has 1 unspecified atom stereocenters. The molecule has 1 saturated heterocycles. The highest BCUT2D eigenvalue weighted by atomic mass is 19.1. The van der Waals surface area contributed by atoms with Crippen molar-refractivity contribution in [1.82, 2.24) is 25.3 Å². The highest BCUT2D eigenvalue weighted by molar-refractivity contribution is 6.14. The number of aromatic nitrogens is 4. The van der Waals surface area contributed by atoms with Gasteiger partial charge in [0.1, 0.15) is 17.3 Å². The summed E-state index contributed by atoms with van der Waals surface area (Å²) < 4.78 is 19.4. The first-order chi connectivity index (χ1) is 15.4. The molecule has 12 heteroatoms. The van der Waals surface area contributed by atoms with Crippen LogP contribution in [0.1, 0.15) is 22.8 Å². The number of hydrogen-bond donors (Lipinski definition) is 5. The molecule has 4 aromatic rings. The average molecular weight is 439 g/mol. The number of benzene rings is 1. The van der Waals surface area contributed by atoms with E-state index in [1.165, 1.54) is 18.3 Å². The van der Waals surface area contributed by atoms with Crippen LogP contribution in [0.5, 0.6) is 0 Å². The van der Waals surface area contributed by atoms with Gasteiger partial charge in [0.05, 0.1) is 29.3 Å². The quantitative estimate of drug-likeness (QED) is 0.308. The molecule has 32 heavy (non-hydrogen) atoms. The van der Waals surface area contributed by atoms with Crippen LogP contribution in [0.3, 0.4) is 0 Å². The van der Waals surface area contributed by atoms with Gasteiger partial charge in [-0.15, -0.1) is 0 Å². The van der Waals surface area contributed by atoms with E-state index in [-0.39, 0.29) is 30.2 Å². The molecule has 7 N–H and O–H groups in total. The topological polar surface area (TPSA) is 164 Å². The molecule has 5 rings (SSSR count). The summed E-state index contributed by atoms with van der Waals surface area (Å²) in [7, 11) is 1.73. The molecule has 0 bridgehead atoms. The standard InChI is InChI=1S/C20H22FN9O2/c1-24-12-5-9(21)4-11-15-17(29-16(11)12)27-14(28-18(15)30-3-2-10(22)8-30)7-25-19(31)13-6-26-20(23)32-13/h4-6,10,24H,2-3,7-8,22H2,1H3,(H2,23,26)(H,25,31)(H,27,28,29). The number of amides is 1. The molecule has 0 saturated carbocycles. The van der Waals surface area contributed by atoms with E-state index in [0.29, 0.717) is 40.3 Å². The number of H-pyrrole nitrogens is 1. The van der Waals surface area contributed by atoms with Gasteiger partial charge in [-0.3, -0.25) is 4.79 Å². The van der Waals surface area contributed by atoms with Crippen molar-refractivity contribution >= 4 is 45.4 Å². The Labute approximate surface area is 181 Å². The van der Waals surface area contributed by atoms with E-state index in [2.05, 4.69) is 30.5 Å². The van der Waals surface area contributed by atoms with Crippen LogP contribution >= 0.6 is 0 Å². The summed E-state index contributed by atoms with van der Waals surface area (Å²) in [6.07, 6.45) is 2.07. The van der Waals surface area contributed by atoms with E-state index >= 15 is 0 Å². The van der Waals surface area contributed by atoms with Crippen LogP contribution in [0, 0.1) is 5.82 Å². The molecule has 0 aliphatic carbocycles. The number of nitrogens with zero attached hydrogens (tertiary/aromatic N) is 4. The van der Waals surface area contributed by atoms with E-state index in [9.17, 15) is 9.18 Å². The number of anilines is 3. The van der Waals surface area contributed by atoms with Crippen LogP contribution in [0.25, 0.3) is 21.9 Å². The van der Waals surface area contributed by atoms with E-state index < -0.39 is 5.91 Å². The fourth-order valence-electron chi connectivity index (χ4n) is 4.01. The lowest BCUT2D eigenvalue weighted by molar-refractivity contribution is 0.0923. The number of oxazole rings is 1. The third-order valence-electron chi connectivity index (χ3n) is 5.50. The molecule has 11 nitrogen and oxygen atoms in total. The predicted octanol–water partition coefficient (Wildman–Crippen LogP) is 1.33. The Bertz CT molecular complexity index is 1330. The van der Waals surface area contributed by atoms with Gasteiger partial charge in [-0.1, -0.05) is 0 Å². The van der Waals surface area contributed by atoms with Crippen LogP contribution in [-0.4, -0.2) is 52.0 Å². The predicted molar refractivity (Wildman–Crippen MR) is 118 cm³/mol. The lowest BCUT2D eigenvalue weighted by Crippen LogP contribution is -2.28. The lowest BCUT2D eigenvalue weighted by Gasteiger charge is -2.19. The van der Waals surface area contributed by atoms with Gasteiger partial charge >= 0.3 is 0 Å². The Kier molecular flexibility index (Phi) is 4.78. The number of fused-ring (bicyclic) bond motifs is 3. The molecule has 3 aromatic heterocycles. The van der Waals surface area contributed by atoms with Gasteiger partial charge in [-0.05, 0) is 18.6 Å². The van der Waals surface area contributed by atoms with E-state index in [1.54, 1.807) is 7.05 Å². The van der Waals surface area contributed by atoms with Crippen molar-refractivity contribution in [3.8, 4) is 0 Å². The number of rotatable bonds is 5. The highest BCUT2D eigenvalue weighted by Crippen LogP contribution is 2.36. The minimum Gasteiger partial charge on any atom is -0.418 e. The van der Waals surface area contributed by atoms with Crippen LogP contribution in [0.15, 0.2) is 22.7 Å². The molecule has 1 fully saturated rings. The van der Waals surface area contributed by atoms with Crippen LogP contribution in [0.4, 0.5) is 21.9 Å². The summed E-state index contributed by atoms with van der Waals surface area (Å²) in [5, 5.41) is 7.09. The molecule has 4 heterocycles. The molecule has 166 valence electrons. The number of hydrogen-bond acceptors (Lipinski definition) is 9. The van der Waals surface area contributed by atoms with Gasteiger partial charge < -0.3 is 36.4 Å². The minimum atomic E-state index is -0.487. The normalized spacial score (nSPS) is 16.2. The SMILES string of the molecule is CNc1cc(F)cc2c1[nH]c1nc(CNC(=O)c3cnc(N)o3)nc(N3CCC(N)C3)c12. The minimum absolute atomic E-state index is 0.00549. The number of halogens is 1. The molecule has 1 aliphatic rings. The fourth-order valence-corrected chi connectivity index (χ4v) is 4.01. The maximum Gasteiger partial charge on any atom is 0.292 e. The van der Waals surface area contributed by atoms with Gasteiger partial charge in [0.15, 0.2) is 5.82 Å². The first-order valence-corrected chi connectivity index (χ1v) is 10.1. The summed E-state index contributed by atoms with van der Waals surface area (Å²) in [6.45, 7) is 1.39. The summed E-state index contributed by atoms with van der Waals surface area (Å²) in [5.41, 5.74) is 13.4. The van der Waals surface area contributed by atoms with Crippen LogP contribution in [0.2, 0.25) is 0 Å². The van der Waals surface area contributed by atoms with Gasteiger partial charge in [-0.25, -0.2) is 19.3 Å². The zero-order valence-corrected chi connectivity index (χ0v) is 17.3. The number of carbonyl (C=O) groups excluding carboxylic acids is 1. The average Bonchev–Trinajstić information content (AvgIpc) is 3.49. The zero-order chi connectivity index (χ0) is 22.4.